The molecule has 0 aliphatic carbocycles. The van der Waals surface area contributed by atoms with Gasteiger partial charge in [0.05, 0.1) is 13.5 Å². The third-order valence-electron chi connectivity index (χ3n) is 0.712. The highest BCUT2D eigenvalue weighted by atomic mass is 16.5. The van der Waals surface area contributed by atoms with E-state index in [4.69, 9.17) is 10.2 Å². The molecule has 10 heavy (non-hydrogen) atoms. The number of rotatable bonds is 4. The molecule has 0 aromatic heterocycles. The zero-order valence-electron chi connectivity index (χ0n) is 4.87. The summed E-state index contributed by atoms with van der Waals surface area (Å²) in [6.45, 7) is -0.0956. The molecule has 0 unspecified atom stereocenters. The zero-order valence-corrected chi connectivity index (χ0v) is 4.87. The van der Waals surface area contributed by atoms with Crippen LogP contribution >= 0.6 is 0 Å². The first-order valence-electron chi connectivity index (χ1n) is 2.28. The van der Waals surface area contributed by atoms with Gasteiger partial charge in [0.2, 0.25) is 0 Å². The predicted molar refractivity (Wildman–Crippen MR) is 41.3 cm³/mol. The van der Waals surface area contributed by atoms with Gasteiger partial charge < -0.3 is 14.9 Å². The van der Waals surface area contributed by atoms with Gasteiger partial charge in [0.25, 0.3) is 0 Å². The lowest BCUT2D eigenvalue weighted by Gasteiger charge is -2.13. The molecule has 0 aromatic carbocycles. The lowest BCUT2D eigenvalue weighted by molar-refractivity contribution is -0.0428. The molecule has 0 spiro atoms. The van der Waals surface area contributed by atoms with E-state index in [-0.39, 0.29) is 35.0 Å². The van der Waals surface area contributed by atoms with Crippen LogP contribution in [0.25, 0.3) is 0 Å². The fraction of sp³-hybridized carbons (Fsp3) is 1.00. The van der Waals surface area contributed by atoms with Crippen molar-refractivity contribution in [1.29, 1.82) is 0 Å². The molecule has 0 aliphatic heterocycles. The molecule has 0 radical (unpaired) electrons. The smallest absolute Gasteiger partial charge is 0.102 e. The Morgan fingerprint density at radius 2 is 1.60 bits per heavy atom. The summed E-state index contributed by atoms with van der Waals surface area (Å²) >= 11 is 0. The summed E-state index contributed by atoms with van der Waals surface area (Å²) in [5.74, 6) is 0. The van der Waals surface area contributed by atoms with Crippen molar-refractivity contribution >= 4 is 0 Å². The van der Waals surface area contributed by atoms with E-state index in [0.29, 0.717) is 0 Å². The van der Waals surface area contributed by atoms with Crippen LogP contribution in [-0.2, 0) is 4.74 Å². The second-order valence-corrected chi connectivity index (χ2v) is 1.37. The van der Waals surface area contributed by atoms with Gasteiger partial charge in [-0.05, 0) is 0 Å². The van der Waals surface area contributed by atoms with Crippen molar-refractivity contribution in [2.75, 3.05) is 27.3 Å². The summed E-state index contributed by atoms with van der Waals surface area (Å²) in [6, 6.07) is 0. The van der Waals surface area contributed by atoms with E-state index in [1.165, 1.54) is 12.0 Å². The first-order chi connectivity index (χ1) is 3.85. The Bertz CT molecular complexity index is 48.3. The molecule has 0 saturated heterocycles. The zero-order chi connectivity index (χ0) is 6.41. The molecule has 4 nitrogen and oxygen atoms in total. The van der Waals surface area contributed by atoms with Gasteiger partial charge in [-0.15, -0.1) is 0 Å². The van der Waals surface area contributed by atoms with Gasteiger partial charge in [0.1, 0.15) is 6.73 Å². The number of aliphatic hydroxyl groups is 2. The molecular weight excluding hydrogens is 134 g/mol. The molecule has 0 bridgehead atoms. The molecule has 0 fully saturated rings. The van der Waals surface area contributed by atoms with Crippen LogP contribution < -0.4 is 0 Å². The summed E-state index contributed by atoms with van der Waals surface area (Å²) in [4.78, 5) is 1.32. The third kappa shape index (κ3) is 7.84. The van der Waals surface area contributed by atoms with Crippen molar-refractivity contribution < 1.29 is 14.9 Å². The largest absolute Gasteiger partial charge is 0.381 e. The first-order valence-corrected chi connectivity index (χ1v) is 2.28. The molecule has 4 heteroatoms. The number of ether oxygens (including phenoxy) is 1. The van der Waals surface area contributed by atoms with Crippen molar-refractivity contribution in [2.24, 2.45) is 0 Å². The number of hydrogen-bond donors (Lipinski definition) is 2. The summed E-state index contributed by atoms with van der Waals surface area (Å²) in [5, 5.41) is 16.7. The lowest BCUT2D eigenvalue weighted by atomic mass is 10.9. The Labute approximate surface area is 63.0 Å². The maximum absolute atomic E-state index is 8.34. The van der Waals surface area contributed by atoms with Crippen LogP contribution in [0.2, 0.25) is 0 Å². The molecule has 66 valence electrons. The van der Waals surface area contributed by atoms with Gasteiger partial charge in [-0.2, -0.15) is 0 Å². The molecule has 0 amide bonds. The maximum atomic E-state index is 8.34. The molecule has 0 heterocycles. The average molecular weight is 153 g/mol. The topological polar surface area (TPSA) is 52.9 Å². The second kappa shape index (κ2) is 11.6. The molecule has 0 saturated carbocycles. The molecule has 0 aliphatic rings. The quantitative estimate of drug-likeness (QED) is 0.561. The van der Waals surface area contributed by atoms with E-state index in [1.807, 2.05) is 0 Å². The summed E-state index contributed by atoms with van der Waals surface area (Å²) in [7, 11) is 1.50. The highest BCUT2D eigenvalue weighted by Gasteiger charge is 1.95. The minimum Gasteiger partial charge on any atom is -0.381 e. The van der Waals surface area contributed by atoms with Gasteiger partial charge in [-0.1, -0.05) is 14.9 Å². The monoisotopic (exact) mass is 153 g/mol. The van der Waals surface area contributed by atoms with Crippen LogP contribution in [0, 0.1) is 0 Å². The number of nitrogens with zero attached hydrogens (tertiary/aromatic N) is 1. The standard InChI is InChI=1S/C4H11NO3.2CH4/c1-8-4-5(2-6)3-7;;/h6-7H,2-4H2,1H3;2*1H4. The van der Waals surface area contributed by atoms with Crippen molar-refractivity contribution in [1.82, 2.24) is 4.90 Å². The van der Waals surface area contributed by atoms with Gasteiger partial charge in [0.15, 0.2) is 0 Å². The van der Waals surface area contributed by atoms with Crippen LogP contribution in [0.1, 0.15) is 14.9 Å². The minimum atomic E-state index is -0.176. The Kier molecular flexibility index (Phi) is 19.1. The van der Waals surface area contributed by atoms with E-state index < -0.39 is 0 Å². The van der Waals surface area contributed by atoms with Crippen molar-refractivity contribution in [3.63, 3.8) is 0 Å². The number of methoxy groups -OCH3 is 1. The molecular formula is C6H19NO3. The predicted octanol–water partition coefficient (Wildman–Crippen LogP) is 0.0641. The van der Waals surface area contributed by atoms with Crippen LogP contribution in [0.5, 0.6) is 0 Å². The first kappa shape index (κ1) is 16.4. The highest BCUT2D eigenvalue weighted by Crippen LogP contribution is 1.80. The summed E-state index contributed by atoms with van der Waals surface area (Å²) in [5.41, 5.74) is 0. The van der Waals surface area contributed by atoms with Gasteiger partial charge in [0, 0.05) is 7.11 Å². The molecule has 0 aromatic rings. The van der Waals surface area contributed by atoms with E-state index in [1.54, 1.807) is 0 Å². The van der Waals surface area contributed by atoms with Crippen molar-refractivity contribution in [3.8, 4) is 0 Å². The number of aliphatic hydroxyl groups excluding tert-OH is 2. The normalized spacial score (nSPS) is 8.40. The second-order valence-electron chi connectivity index (χ2n) is 1.37. The van der Waals surface area contributed by atoms with E-state index in [0.717, 1.165) is 0 Å². The Balaban J connectivity index is -0.000000245. The average Bonchev–Trinajstić information content (AvgIpc) is 1.83. The Morgan fingerprint density at radius 1 is 1.20 bits per heavy atom. The van der Waals surface area contributed by atoms with Crippen LogP contribution in [-0.4, -0.2) is 42.4 Å². The van der Waals surface area contributed by atoms with E-state index >= 15 is 0 Å². The molecule has 0 atom stereocenters. The fourth-order valence-electron chi connectivity index (χ4n) is 0.309. The van der Waals surface area contributed by atoms with Gasteiger partial charge >= 0.3 is 0 Å². The van der Waals surface area contributed by atoms with Crippen molar-refractivity contribution in [3.05, 3.63) is 0 Å². The lowest BCUT2D eigenvalue weighted by Crippen LogP contribution is -2.27. The van der Waals surface area contributed by atoms with Gasteiger partial charge in [-0.3, -0.25) is 0 Å². The fourth-order valence-corrected chi connectivity index (χ4v) is 0.309. The molecule has 2 N–H and O–H groups in total. The van der Waals surface area contributed by atoms with E-state index in [9.17, 15) is 0 Å². The summed E-state index contributed by atoms with van der Waals surface area (Å²) < 4.78 is 4.59. The number of hydrogen-bond acceptors (Lipinski definition) is 4. The third-order valence-corrected chi connectivity index (χ3v) is 0.712. The van der Waals surface area contributed by atoms with Crippen molar-refractivity contribution in [2.45, 2.75) is 14.9 Å². The molecule has 0 rings (SSSR count). The van der Waals surface area contributed by atoms with Gasteiger partial charge in [-0.25, -0.2) is 4.90 Å². The highest BCUT2D eigenvalue weighted by molar-refractivity contribution is 4.30. The Hall–Kier alpha value is -0.160. The van der Waals surface area contributed by atoms with E-state index in [2.05, 4.69) is 4.74 Å². The van der Waals surface area contributed by atoms with Crippen LogP contribution in [0.15, 0.2) is 0 Å². The SMILES string of the molecule is C.C.COCN(CO)CO. The van der Waals surface area contributed by atoms with Crippen LogP contribution in [0.3, 0.4) is 0 Å². The van der Waals surface area contributed by atoms with Crippen LogP contribution in [0.4, 0.5) is 0 Å². The Morgan fingerprint density at radius 3 is 1.70 bits per heavy atom. The summed E-state index contributed by atoms with van der Waals surface area (Å²) in [6.07, 6.45) is 0. The minimum absolute atomic E-state index is 0. The maximum Gasteiger partial charge on any atom is 0.102 e.